The molecular formula is C20H25N9O2. The topological polar surface area (TPSA) is 140 Å². The van der Waals surface area contributed by atoms with Crippen molar-refractivity contribution < 1.29 is 9.42 Å². The van der Waals surface area contributed by atoms with E-state index in [1.54, 1.807) is 6.21 Å². The second-order valence-corrected chi connectivity index (χ2v) is 7.52. The number of carbonyl (C=O) groups excluding carboxylic acids is 1. The highest BCUT2D eigenvalue weighted by Crippen LogP contribution is 2.20. The van der Waals surface area contributed by atoms with Crippen LogP contribution in [0.25, 0.3) is 5.82 Å². The van der Waals surface area contributed by atoms with E-state index >= 15 is 0 Å². The van der Waals surface area contributed by atoms with Gasteiger partial charge in [-0.25, -0.2) is 10.1 Å². The summed E-state index contributed by atoms with van der Waals surface area (Å²) in [6.45, 7) is 4.35. The summed E-state index contributed by atoms with van der Waals surface area (Å²) in [6, 6.07) is 9.91. The van der Waals surface area contributed by atoms with E-state index in [-0.39, 0.29) is 23.2 Å². The lowest BCUT2D eigenvalue weighted by Crippen LogP contribution is -2.31. The maximum absolute atomic E-state index is 12.8. The van der Waals surface area contributed by atoms with Crippen LogP contribution in [0.5, 0.6) is 0 Å². The zero-order chi connectivity index (χ0) is 21.6. The largest absolute Gasteiger partial charge is 0.378 e. The Morgan fingerprint density at radius 3 is 2.74 bits per heavy atom. The number of nitrogens with zero attached hydrogens (tertiary/aromatic N) is 7. The van der Waals surface area contributed by atoms with Gasteiger partial charge in [-0.1, -0.05) is 48.9 Å². The van der Waals surface area contributed by atoms with Crippen molar-refractivity contribution in [1.82, 2.24) is 35.6 Å². The van der Waals surface area contributed by atoms with Gasteiger partial charge >= 0.3 is 0 Å². The third kappa shape index (κ3) is 4.77. The fourth-order valence-electron chi connectivity index (χ4n) is 3.56. The molecule has 11 heteroatoms. The van der Waals surface area contributed by atoms with Crippen LogP contribution in [0.4, 0.5) is 5.82 Å². The molecule has 3 N–H and O–H groups in total. The minimum atomic E-state index is -0.454. The first-order valence-corrected chi connectivity index (χ1v) is 10.3. The smallest absolute Gasteiger partial charge is 0.293 e. The fraction of sp³-hybridized carbons (Fsp3) is 0.400. The predicted octanol–water partition coefficient (Wildman–Crippen LogP) is 1.74. The summed E-state index contributed by atoms with van der Waals surface area (Å²) in [7, 11) is 0. The molecule has 2 aromatic heterocycles. The molecule has 3 aromatic rings. The third-order valence-corrected chi connectivity index (χ3v) is 5.29. The first-order valence-electron chi connectivity index (χ1n) is 10.3. The van der Waals surface area contributed by atoms with Crippen molar-refractivity contribution >= 4 is 17.9 Å². The molecule has 0 spiro atoms. The number of aromatic nitrogens is 5. The highest BCUT2D eigenvalue weighted by molar-refractivity contribution is 5.93. The lowest BCUT2D eigenvalue weighted by atomic mass is 10.0. The number of amides is 1. The first-order chi connectivity index (χ1) is 15.1. The number of nitrogens with one attached hydrogen (secondary N) is 1. The molecule has 1 aliphatic heterocycles. The Balaban J connectivity index is 1.53. The van der Waals surface area contributed by atoms with E-state index < -0.39 is 5.91 Å². The zero-order valence-electron chi connectivity index (χ0n) is 17.3. The highest BCUT2D eigenvalue weighted by atomic mass is 16.6. The van der Waals surface area contributed by atoms with Crippen molar-refractivity contribution in [2.24, 2.45) is 5.10 Å². The molecule has 1 aromatic carbocycles. The van der Waals surface area contributed by atoms with E-state index in [0.29, 0.717) is 12.2 Å². The van der Waals surface area contributed by atoms with E-state index in [1.807, 2.05) is 37.3 Å². The Bertz CT molecular complexity index is 1040. The number of carbonyl (C=O) groups is 1. The molecule has 0 radical (unpaired) electrons. The summed E-state index contributed by atoms with van der Waals surface area (Å²) < 4.78 is 6.10. The van der Waals surface area contributed by atoms with E-state index in [9.17, 15) is 4.79 Å². The zero-order valence-corrected chi connectivity index (χ0v) is 17.3. The van der Waals surface area contributed by atoms with Crippen molar-refractivity contribution in [1.29, 1.82) is 0 Å². The molecule has 0 bridgehead atoms. The molecule has 0 unspecified atom stereocenters. The van der Waals surface area contributed by atoms with Gasteiger partial charge in [-0.15, -0.1) is 5.10 Å². The normalized spacial score (nSPS) is 15.9. The van der Waals surface area contributed by atoms with E-state index in [2.05, 4.69) is 36.1 Å². The second-order valence-electron chi connectivity index (χ2n) is 7.52. The van der Waals surface area contributed by atoms with Crippen LogP contribution in [0.2, 0.25) is 0 Å². The van der Waals surface area contributed by atoms with Crippen LogP contribution in [-0.4, -0.2) is 55.4 Å². The number of nitrogen functional groups attached to an aromatic ring is 1. The molecule has 1 atom stereocenters. The number of rotatable bonds is 7. The summed E-state index contributed by atoms with van der Waals surface area (Å²) in [6.07, 6.45) is 5.11. The Labute approximate surface area is 179 Å². The van der Waals surface area contributed by atoms with E-state index in [4.69, 9.17) is 10.4 Å². The number of nitrogens with two attached hydrogens (primary N) is 1. The van der Waals surface area contributed by atoms with Crippen molar-refractivity contribution in [3.8, 4) is 5.82 Å². The number of hydrazone groups is 1. The SMILES string of the molecule is C[C@H](/C=N\NC(=O)c1nnn(-c2nonc2N)c1CN1CCCCC1)c1ccccc1. The average Bonchev–Trinajstić information content (AvgIpc) is 3.40. The van der Waals surface area contributed by atoms with Gasteiger partial charge in [0.05, 0.1) is 5.69 Å². The van der Waals surface area contributed by atoms with Gasteiger partial charge in [0.15, 0.2) is 5.69 Å². The summed E-state index contributed by atoms with van der Waals surface area (Å²) in [5, 5.41) is 19.7. The van der Waals surface area contributed by atoms with Crippen LogP contribution < -0.4 is 11.2 Å². The van der Waals surface area contributed by atoms with Gasteiger partial charge in [-0.05, 0) is 41.8 Å². The molecule has 0 saturated carbocycles. The minimum Gasteiger partial charge on any atom is -0.378 e. The first kappa shape index (κ1) is 20.7. The Morgan fingerprint density at radius 2 is 2.03 bits per heavy atom. The highest BCUT2D eigenvalue weighted by Gasteiger charge is 2.26. The summed E-state index contributed by atoms with van der Waals surface area (Å²) in [5.74, 6) is -0.123. The lowest BCUT2D eigenvalue weighted by Gasteiger charge is -2.26. The molecule has 11 nitrogen and oxygen atoms in total. The van der Waals surface area contributed by atoms with Crippen molar-refractivity contribution in [3.63, 3.8) is 0 Å². The van der Waals surface area contributed by atoms with Gasteiger partial charge < -0.3 is 5.73 Å². The van der Waals surface area contributed by atoms with Crippen molar-refractivity contribution in [2.75, 3.05) is 18.8 Å². The molecule has 1 fully saturated rings. The number of likely N-dealkylation sites (tertiary alicyclic amines) is 1. The van der Waals surface area contributed by atoms with Crippen LogP contribution in [0.15, 0.2) is 40.1 Å². The van der Waals surface area contributed by atoms with Gasteiger partial charge in [0.1, 0.15) is 0 Å². The predicted molar refractivity (Wildman–Crippen MR) is 114 cm³/mol. The molecular weight excluding hydrogens is 398 g/mol. The Morgan fingerprint density at radius 1 is 1.26 bits per heavy atom. The number of benzene rings is 1. The Kier molecular flexibility index (Phi) is 6.32. The molecule has 1 aliphatic rings. The monoisotopic (exact) mass is 423 g/mol. The maximum atomic E-state index is 12.8. The number of hydrogen-bond donors (Lipinski definition) is 2. The van der Waals surface area contributed by atoms with Crippen LogP contribution in [-0.2, 0) is 6.54 Å². The number of hydrogen-bond acceptors (Lipinski definition) is 9. The van der Waals surface area contributed by atoms with Crippen molar-refractivity contribution in [2.45, 2.75) is 38.6 Å². The fourth-order valence-corrected chi connectivity index (χ4v) is 3.56. The number of anilines is 1. The second kappa shape index (κ2) is 9.47. The van der Waals surface area contributed by atoms with Crippen LogP contribution >= 0.6 is 0 Å². The molecule has 162 valence electrons. The molecule has 1 saturated heterocycles. The van der Waals surface area contributed by atoms with E-state index in [0.717, 1.165) is 31.5 Å². The van der Waals surface area contributed by atoms with Gasteiger partial charge in [0.2, 0.25) is 11.6 Å². The molecule has 31 heavy (non-hydrogen) atoms. The maximum Gasteiger partial charge on any atom is 0.293 e. The Hall–Kier alpha value is -3.60. The number of piperidine rings is 1. The summed E-state index contributed by atoms with van der Waals surface area (Å²) in [5.41, 5.74) is 10.2. The third-order valence-electron chi connectivity index (χ3n) is 5.29. The molecule has 1 amide bonds. The van der Waals surface area contributed by atoms with Gasteiger partial charge in [0, 0.05) is 18.7 Å². The quantitative estimate of drug-likeness (QED) is 0.432. The molecule has 4 rings (SSSR count). The van der Waals surface area contributed by atoms with Crippen LogP contribution in [0, 0.1) is 0 Å². The standard InChI is InChI=1S/C20H25N9O2/c1-14(15-8-4-2-5-9-15)12-22-24-20(30)17-16(13-28-10-6-3-7-11-28)29(27-23-17)19-18(21)25-31-26-19/h2,4-5,8-9,12,14H,3,6-7,10-11,13H2,1H3,(H2,21,25)(H,24,30)/b22-12-/t14-/m1/s1. The summed E-state index contributed by atoms with van der Waals surface area (Å²) >= 11 is 0. The van der Waals surface area contributed by atoms with Crippen LogP contribution in [0.3, 0.4) is 0 Å². The molecule has 3 heterocycles. The van der Waals surface area contributed by atoms with Crippen molar-refractivity contribution in [3.05, 3.63) is 47.3 Å². The van der Waals surface area contributed by atoms with Gasteiger partial charge in [0.25, 0.3) is 5.91 Å². The van der Waals surface area contributed by atoms with Crippen LogP contribution in [0.1, 0.15) is 53.8 Å². The lowest BCUT2D eigenvalue weighted by molar-refractivity contribution is 0.0947. The van der Waals surface area contributed by atoms with Gasteiger partial charge in [-0.3, -0.25) is 9.69 Å². The van der Waals surface area contributed by atoms with E-state index in [1.165, 1.54) is 11.1 Å². The average molecular weight is 423 g/mol. The summed E-state index contributed by atoms with van der Waals surface area (Å²) in [4.78, 5) is 15.1. The molecule has 0 aliphatic carbocycles. The minimum absolute atomic E-state index is 0.0472. The van der Waals surface area contributed by atoms with Gasteiger partial charge in [-0.2, -0.15) is 9.78 Å².